The molecule has 0 spiro atoms. The number of carbonyl (C=O) groups is 1. The van der Waals surface area contributed by atoms with Gasteiger partial charge in [-0.3, -0.25) is 9.78 Å². The van der Waals surface area contributed by atoms with E-state index in [2.05, 4.69) is 21.0 Å². The maximum absolute atomic E-state index is 11.8. The van der Waals surface area contributed by atoms with Crippen LogP contribution in [0.1, 0.15) is 10.5 Å². The van der Waals surface area contributed by atoms with Crippen molar-refractivity contribution in [3.8, 4) is 22.6 Å². The average molecular weight is 490 g/mol. The molecule has 0 unspecified atom stereocenters. The molecular formula is C25H20ClN5O2S. The second-order valence-electron chi connectivity index (χ2n) is 7.53. The Balaban J connectivity index is 1.41. The van der Waals surface area contributed by atoms with Crippen LogP contribution in [0.3, 0.4) is 0 Å². The van der Waals surface area contributed by atoms with Gasteiger partial charge in [0.25, 0.3) is 5.91 Å². The van der Waals surface area contributed by atoms with Crippen molar-refractivity contribution >= 4 is 51.5 Å². The largest absolute Gasteiger partial charge is 0.457 e. The molecule has 3 heterocycles. The number of benzene rings is 2. The SMILES string of the molecule is CNC(=O)c1cc(Oc2ccc3c(c2)nc(Nc2ccc(Cl)c(-c4ccsc4)c2)n3C)ccn1. The highest BCUT2D eigenvalue weighted by Crippen LogP contribution is 2.33. The summed E-state index contributed by atoms with van der Waals surface area (Å²) >= 11 is 8.05. The minimum atomic E-state index is -0.273. The van der Waals surface area contributed by atoms with Crippen LogP contribution in [0.5, 0.6) is 11.5 Å². The van der Waals surface area contributed by atoms with E-state index in [1.165, 1.54) is 6.20 Å². The summed E-state index contributed by atoms with van der Waals surface area (Å²) in [6.45, 7) is 0. The zero-order chi connectivity index (χ0) is 23.7. The number of carbonyl (C=O) groups excluding carboxylic acids is 1. The summed E-state index contributed by atoms with van der Waals surface area (Å²) in [4.78, 5) is 20.6. The number of ether oxygens (including phenoxy) is 1. The molecule has 0 atom stereocenters. The number of hydrogen-bond donors (Lipinski definition) is 2. The molecule has 2 N–H and O–H groups in total. The van der Waals surface area contributed by atoms with E-state index in [4.69, 9.17) is 21.3 Å². The van der Waals surface area contributed by atoms with Gasteiger partial charge in [0.15, 0.2) is 0 Å². The van der Waals surface area contributed by atoms with Crippen molar-refractivity contribution in [1.29, 1.82) is 0 Å². The predicted octanol–water partition coefficient (Wildman–Crippen LogP) is 6.25. The van der Waals surface area contributed by atoms with E-state index in [-0.39, 0.29) is 11.6 Å². The second kappa shape index (κ2) is 9.17. The molecule has 34 heavy (non-hydrogen) atoms. The normalized spacial score (nSPS) is 10.9. The third-order valence-electron chi connectivity index (χ3n) is 5.33. The molecule has 3 aromatic heterocycles. The zero-order valence-electron chi connectivity index (χ0n) is 18.4. The van der Waals surface area contributed by atoms with Gasteiger partial charge in [-0.25, -0.2) is 4.98 Å². The highest BCUT2D eigenvalue weighted by Gasteiger charge is 2.12. The third-order valence-corrected chi connectivity index (χ3v) is 6.35. The number of fused-ring (bicyclic) bond motifs is 1. The van der Waals surface area contributed by atoms with E-state index in [1.54, 1.807) is 30.5 Å². The van der Waals surface area contributed by atoms with Gasteiger partial charge in [0.05, 0.1) is 11.0 Å². The first-order valence-corrected chi connectivity index (χ1v) is 11.8. The number of nitrogens with one attached hydrogen (secondary N) is 2. The molecular weight excluding hydrogens is 470 g/mol. The fraction of sp³-hybridized carbons (Fsp3) is 0.0800. The highest BCUT2D eigenvalue weighted by atomic mass is 35.5. The van der Waals surface area contributed by atoms with Crippen molar-refractivity contribution in [2.75, 3.05) is 12.4 Å². The number of thiophene rings is 1. The standard InChI is InChI=1S/C25H20ClN5O2S/c1-27-24(32)22-13-18(7-9-28-22)33-17-4-6-23-21(12-17)30-25(31(23)2)29-16-3-5-20(26)19(11-16)15-8-10-34-14-15/h3-14H,1-2H3,(H,27,32)(H,29,30). The van der Waals surface area contributed by atoms with Crippen LogP contribution in [-0.2, 0) is 7.05 Å². The van der Waals surface area contributed by atoms with E-state index in [9.17, 15) is 4.79 Å². The summed E-state index contributed by atoms with van der Waals surface area (Å²) in [6, 6.07) is 16.9. The first kappa shape index (κ1) is 21.9. The van der Waals surface area contributed by atoms with Crippen LogP contribution < -0.4 is 15.4 Å². The van der Waals surface area contributed by atoms with Gasteiger partial charge >= 0.3 is 0 Å². The molecule has 0 aliphatic carbocycles. The monoisotopic (exact) mass is 489 g/mol. The molecule has 0 saturated carbocycles. The number of imidazole rings is 1. The summed E-state index contributed by atoms with van der Waals surface area (Å²) < 4.78 is 7.94. The van der Waals surface area contributed by atoms with Gasteiger partial charge in [0, 0.05) is 48.7 Å². The molecule has 7 nitrogen and oxygen atoms in total. The van der Waals surface area contributed by atoms with Gasteiger partial charge in [-0.2, -0.15) is 11.3 Å². The first-order chi connectivity index (χ1) is 16.5. The Morgan fingerprint density at radius 3 is 2.74 bits per heavy atom. The number of pyridine rings is 1. The van der Waals surface area contributed by atoms with Crippen molar-refractivity contribution in [3.05, 3.63) is 82.3 Å². The van der Waals surface area contributed by atoms with Crippen LogP contribution in [0.4, 0.5) is 11.6 Å². The number of hydrogen-bond acceptors (Lipinski definition) is 6. The summed E-state index contributed by atoms with van der Waals surface area (Å²) in [6.07, 6.45) is 1.54. The Labute approximate surface area is 205 Å². The molecule has 0 fully saturated rings. The maximum Gasteiger partial charge on any atom is 0.269 e. The van der Waals surface area contributed by atoms with Gasteiger partial charge < -0.3 is 19.9 Å². The summed E-state index contributed by atoms with van der Waals surface area (Å²) in [5.74, 6) is 1.55. The maximum atomic E-state index is 11.8. The zero-order valence-corrected chi connectivity index (χ0v) is 19.9. The van der Waals surface area contributed by atoms with Crippen molar-refractivity contribution in [2.45, 2.75) is 0 Å². The molecule has 170 valence electrons. The van der Waals surface area contributed by atoms with Crippen molar-refractivity contribution in [1.82, 2.24) is 19.9 Å². The van der Waals surface area contributed by atoms with Crippen LogP contribution >= 0.6 is 22.9 Å². The van der Waals surface area contributed by atoms with Crippen LogP contribution in [-0.4, -0.2) is 27.5 Å². The Morgan fingerprint density at radius 1 is 1.09 bits per heavy atom. The van der Waals surface area contributed by atoms with Crippen LogP contribution in [0.2, 0.25) is 5.02 Å². The molecule has 0 bridgehead atoms. The van der Waals surface area contributed by atoms with Crippen molar-refractivity contribution < 1.29 is 9.53 Å². The Bertz CT molecular complexity index is 1500. The van der Waals surface area contributed by atoms with Gasteiger partial charge in [-0.15, -0.1) is 0 Å². The number of aryl methyl sites for hydroxylation is 1. The number of aromatic nitrogens is 3. The predicted molar refractivity (Wildman–Crippen MR) is 136 cm³/mol. The summed E-state index contributed by atoms with van der Waals surface area (Å²) in [7, 11) is 3.51. The summed E-state index contributed by atoms with van der Waals surface area (Å²) in [5.41, 5.74) is 4.95. The van der Waals surface area contributed by atoms with E-state index in [0.717, 1.165) is 27.8 Å². The van der Waals surface area contributed by atoms with E-state index >= 15 is 0 Å². The lowest BCUT2D eigenvalue weighted by atomic mass is 10.1. The van der Waals surface area contributed by atoms with Gasteiger partial charge in [0.1, 0.15) is 17.2 Å². The molecule has 5 rings (SSSR count). The molecule has 0 saturated heterocycles. The molecule has 0 radical (unpaired) electrons. The minimum absolute atomic E-state index is 0.273. The Kier molecular flexibility index (Phi) is 5.91. The lowest BCUT2D eigenvalue weighted by molar-refractivity contribution is 0.0958. The second-order valence-corrected chi connectivity index (χ2v) is 8.72. The number of amides is 1. The molecule has 0 aliphatic heterocycles. The van der Waals surface area contributed by atoms with E-state index in [1.807, 2.05) is 59.5 Å². The highest BCUT2D eigenvalue weighted by molar-refractivity contribution is 7.08. The molecule has 0 aliphatic rings. The van der Waals surface area contributed by atoms with E-state index < -0.39 is 0 Å². The molecule has 5 aromatic rings. The topological polar surface area (TPSA) is 81.1 Å². The Morgan fingerprint density at radius 2 is 1.94 bits per heavy atom. The van der Waals surface area contributed by atoms with Gasteiger partial charge in [-0.1, -0.05) is 11.6 Å². The third kappa shape index (κ3) is 4.33. The smallest absolute Gasteiger partial charge is 0.269 e. The first-order valence-electron chi connectivity index (χ1n) is 10.4. The lowest BCUT2D eigenvalue weighted by Gasteiger charge is -2.09. The number of rotatable bonds is 6. The quantitative estimate of drug-likeness (QED) is 0.295. The minimum Gasteiger partial charge on any atom is -0.457 e. The number of anilines is 2. The van der Waals surface area contributed by atoms with Crippen molar-refractivity contribution in [3.63, 3.8) is 0 Å². The van der Waals surface area contributed by atoms with Gasteiger partial charge in [-0.05, 0) is 58.8 Å². The molecule has 9 heteroatoms. The van der Waals surface area contributed by atoms with Crippen LogP contribution in [0.15, 0.2) is 71.6 Å². The fourth-order valence-corrected chi connectivity index (χ4v) is 4.47. The van der Waals surface area contributed by atoms with Crippen LogP contribution in [0, 0.1) is 0 Å². The molecule has 2 aromatic carbocycles. The van der Waals surface area contributed by atoms with Crippen molar-refractivity contribution in [2.24, 2.45) is 7.05 Å². The van der Waals surface area contributed by atoms with Gasteiger partial charge in [0.2, 0.25) is 5.95 Å². The van der Waals surface area contributed by atoms with Crippen LogP contribution in [0.25, 0.3) is 22.2 Å². The Hall–Kier alpha value is -3.88. The lowest BCUT2D eigenvalue weighted by Crippen LogP contribution is -2.18. The van der Waals surface area contributed by atoms with E-state index in [0.29, 0.717) is 22.5 Å². The number of halogens is 1. The average Bonchev–Trinajstić information content (AvgIpc) is 3.48. The number of nitrogens with zero attached hydrogens (tertiary/aromatic N) is 3. The molecule has 1 amide bonds. The fourth-order valence-electron chi connectivity index (χ4n) is 3.59. The summed E-state index contributed by atoms with van der Waals surface area (Å²) in [5, 5.41) is 10.7.